The Hall–Kier alpha value is -3.26. The number of nitrogens with one attached hydrogen (secondary N) is 1. The van der Waals surface area contributed by atoms with Crippen LogP contribution in [0, 0.1) is 0 Å². The standard InChI is InChI=1S/C32H33Cl2FN2O4/c1-39-30-17-24(33)7-12-29(30)41-16-15-40-26-10-5-21(6-11-26)27-13-14-36-19-28(27)32(38)37(25-8-9-25)20-23-4-2-3-22(18-35)31(23)34/h2-7,10-12,17,25,36H,8-9,13-16,18-20H2,1H3. The second-order valence-electron chi connectivity index (χ2n) is 10.1. The molecule has 1 aliphatic carbocycles. The minimum absolute atomic E-state index is 0.00604. The molecular formula is C32H33Cl2FN2O4. The Morgan fingerprint density at radius 1 is 1.00 bits per heavy atom. The number of amides is 1. The summed E-state index contributed by atoms with van der Waals surface area (Å²) in [5.41, 5.74) is 4.02. The highest BCUT2D eigenvalue weighted by Gasteiger charge is 2.35. The highest BCUT2D eigenvalue weighted by Crippen LogP contribution is 2.35. The van der Waals surface area contributed by atoms with E-state index in [0.717, 1.165) is 48.1 Å². The lowest BCUT2D eigenvalue weighted by molar-refractivity contribution is -0.128. The van der Waals surface area contributed by atoms with E-state index in [1.165, 1.54) is 0 Å². The fraction of sp³-hybridized carbons (Fsp3) is 0.344. The Kier molecular flexibility index (Phi) is 9.70. The molecule has 5 rings (SSSR count). The van der Waals surface area contributed by atoms with Gasteiger partial charge in [0.15, 0.2) is 11.5 Å². The molecule has 1 N–H and O–H groups in total. The first-order valence-corrected chi connectivity index (χ1v) is 14.5. The molecule has 216 valence electrons. The van der Waals surface area contributed by atoms with Gasteiger partial charge in [-0.3, -0.25) is 4.79 Å². The molecule has 41 heavy (non-hydrogen) atoms. The molecule has 0 unspecified atom stereocenters. The van der Waals surface area contributed by atoms with Crippen molar-refractivity contribution < 1.29 is 23.4 Å². The number of ether oxygens (including phenoxy) is 3. The molecular weight excluding hydrogens is 566 g/mol. The second-order valence-corrected chi connectivity index (χ2v) is 10.9. The average Bonchev–Trinajstić information content (AvgIpc) is 3.85. The van der Waals surface area contributed by atoms with Gasteiger partial charge in [0.05, 0.1) is 12.1 Å². The minimum atomic E-state index is -0.632. The van der Waals surface area contributed by atoms with Crippen LogP contribution in [-0.2, 0) is 18.0 Å². The van der Waals surface area contributed by atoms with Crippen molar-refractivity contribution in [3.63, 3.8) is 0 Å². The van der Waals surface area contributed by atoms with E-state index in [9.17, 15) is 9.18 Å². The zero-order valence-corrected chi connectivity index (χ0v) is 24.4. The number of hydrogen-bond donors (Lipinski definition) is 1. The number of halogens is 3. The van der Waals surface area contributed by atoms with E-state index in [0.29, 0.717) is 59.2 Å². The van der Waals surface area contributed by atoms with Crippen molar-refractivity contribution in [3.8, 4) is 17.2 Å². The normalized spacial score (nSPS) is 15.0. The van der Waals surface area contributed by atoms with Crippen LogP contribution in [0.4, 0.5) is 4.39 Å². The molecule has 3 aromatic rings. The molecule has 1 aliphatic heterocycles. The third-order valence-corrected chi connectivity index (χ3v) is 8.03. The SMILES string of the molecule is COc1cc(Cl)ccc1OCCOc1ccc(C2=C(C(=O)N(Cc3cccc(CF)c3Cl)C3CC3)CNCC2)cc1. The summed E-state index contributed by atoms with van der Waals surface area (Å²) in [6, 6.07) is 18.5. The van der Waals surface area contributed by atoms with Crippen molar-refractivity contribution >= 4 is 34.7 Å². The fourth-order valence-electron chi connectivity index (χ4n) is 5.00. The maximum absolute atomic E-state index is 13.9. The van der Waals surface area contributed by atoms with E-state index in [1.807, 2.05) is 35.2 Å². The van der Waals surface area contributed by atoms with E-state index >= 15 is 0 Å². The van der Waals surface area contributed by atoms with Crippen LogP contribution < -0.4 is 19.5 Å². The first-order chi connectivity index (χ1) is 20.0. The molecule has 6 nitrogen and oxygen atoms in total. The van der Waals surface area contributed by atoms with E-state index in [4.69, 9.17) is 37.4 Å². The van der Waals surface area contributed by atoms with Gasteiger partial charge < -0.3 is 24.4 Å². The Bertz CT molecular complexity index is 1410. The second kappa shape index (κ2) is 13.6. The number of rotatable bonds is 12. The fourth-order valence-corrected chi connectivity index (χ4v) is 5.40. The summed E-state index contributed by atoms with van der Waals surface area (Å²) in [6.07, 6.45) is 2.67. The van der Waals surface area contributed by atoms with Gasteiger partial charge in [-0.25, -0.2) is 4.39 Å². The summed E-state index contributed by atoms with van der Waals surface area (Å²) < 4.78 is 30.4. The van der Waals surface area contributed by atoms with Crippen LogP contribution in [0.15, 0.2) is 66.2 Å². The van der Waals surface area contributed by atoms with Crippen molar-refractivity contribution in [3.05, 3.63) is 93.0 Å². The van der Waals surface area contributed by atoms with Gasteiger partial charge >= 0.3 is 0 Å². The number of benzene rings is 3. The van der Waals surface area contributed by atoms with Crippen LogP contribution >= 0.6 is 23.2 Å². The number of hydrogen-bond acceptors (Lipinski definition) is 5. The highest BCUT2D eigenvalue weighted by molar-refractivity contribution is 6.32. The van der Waals surface area contributed by atoms with Crippen LogP contribution in [-0.4, -0.2) is 50.3 Å². The Morgan fingerprint density at radius 3 is 2.49 bits per heavy atom. The molecule has 0 aromatic heterocycles. The number of nitrogens with zero attached hydrogens (tertiary/aromatic N) is 1. The molecule has 0 atom stereocenters. The molecule has 9 heteroatoms. The summed E-state index contributed by atoms with van der Waals surface area (Å²) in [6.45, 7) is 1.72. The highest BCUT2D eigenvalue weighted by atomic mass is 35.5. The monoisotopic (exact) mass is 598 g/mol. The molecule has 0 bridgehead atoms. The molecule has 0 saturated heterocycles. The van der Waals surface area contributed by atoms with E-state index in [-0.39, 0.29) is 11.9 Å². The molecule has 1 fully saturated rings. The molecule has 1 saturated carbocycles. The van der Waals surface area contributed by atoms with Crippen LogP contribution in [0.25, 0.3) is 5.57 Å². The van der Waals surface area contributed by atoms with E-state index in [1.54, 1.807) is 37.4 Å². The van der Waals surface area contributed by atoms with Crippen molar-refractivity contribution in [2.45, 2.75) is 38.5 Å². The zero-order chi connectivity index (χ0) is 28.8. The number of methoxy groups -OCH3 is 1. The maximum Gasteiger partial charge on any atom is 0.251 e. The average molecular weight is 600 g/mol. The van der Waals surface area contributed by atoms with Gasteiger partial charge in [-0.2, -0.15) is 0 Å². The van der Waals surface area contributed by atoms with Crippen molar-refractivity contribution in [1.82, 2.24) is 10.2 Å². The summed E-state index contributed by atoms with van der Waals surface area (Å²) in [7, 11) is 1.57. The predicted octanol–water partition coefficient (Wildman–Crippen LogP) is 6.87. The maximum atomic E-state index is 13.9. The van der Waals surface area contributed by atoms with Gasteiger partial charge in [0, 0.05) is 41.4 Å². The first kappa shape index (κ1) is 29.2. The number of carbonyl (C=O) groups is 1. The molecule has 0 spiro atoms. The number of alkyl halides is 1. The summed E-state index contributed by atoms with van der Waals surface area (Å²) in [5, 5.41) is 4.33. The predicted molar refractivity (Wildman–Crippen MR) is 160 cm³/mol. The molecule has 1 amide bonds. The van der Waals surface area contributed by atoms with Crippen LogP contribution in [0.5, 0.6) is 17.2 Å². The summed E-state index contributed by atoms with van der Waals surface area (Å²) >= 11 is 12.5. The molecule has 3 aromatic carbocycles. The lowest BCUT2D eigenvalue weighted by Crippen LogP contribution is -2.39. The van der Waals surface area contributed by atoms with Crippen LogP contribution in [0.3, 0.4) is 0 Å². The van der Waals surface area contributed by atoms with E-state index in [2.05, 4.69) is 5.32 Å². The molecule has 2 aliphatic rings. The lowest BCUT2D eigenvalue weighted by atomic mass is 9.93. The van der Waals surface area contributed by atoms with Crippen molar-refractivity contribution in [2.24, 2.45) is 0 Å². The molecule has 0 radical (unpaired) electrons. The topological polar surface area (TPSA) is 60.0 Å². The first-order valence-electron chi connectivity index (χ1n) is 13.7. The van der Waals surface area contributed by atoms with Gasteiger partial charge in [-0.15, -0.1) is 0 Å². The largest absolute Gasteiger partial charge is 0.493 e. The summed E-state index contributed by atoms with van der Waals surface area (Å²) in [5.74, 6) is 1.89. The van der Waals surface area contributed by atoms with Gasteiger partial charge in [0.2, 0.25) is 0 Å². The number of carbonyl (C=O) groups excluding carboxylic acids is 1. The Morgan fingerprint density at radius 2 is 1.76 bits per heavy atom. The third-order valence-electron chi connectivity index (χ3n) is 7.31. The Labute approximate surface area is 250 Å². The summed E-state index contributed by atoms with van der Waals surface area (Å²) in [4.78, 5) is 15.8. The molecule has 1 heterocycles. The van der Waals surface area contributed by atoms with Crippen molar-refractivity contribution in [2.75, 3.05) is 33.4 Å². The quantitative estimate of drug-likeness (QED) is 0.231. The van der Waals surface area contributed by atoms with Gasteiger partial charge in [-0.05, 0) is 66.8 Å². The van der Waals surface area contributed by atoms with Gasteiger partial charge in [0.1, 0.15) is 25.6 Å². The van der Waals surface area contributed by atoms with Crippen LogP contribution in [0.2, 0.25) is 10.0 Å². The third kappa shape index (κ3) is 7.15. The Balaban J connectivity index is 1.26. The van der Waals surface area contributed by atoms with Gasteiger partial charge in [-0.1, -0.05) is 53.5 Å². The van der Waals surface area contributed by atoms with E-state index < -0.39 is 6.67 Å². The smallest absolute Gasteiger partial charge is 0.251 e. The van der Waals surface area contributed by atoms with Crippen LogP contribution in [0.1, 0.15) is 36.0 Å². The zero-order valence-electron chi connectivity index (χ0n) is 22.9. The lowest BCUT2D eigenvalue weighted by Gasteiger charge is -2.28. The minimum Gasteiger partial charge on any atom is -0.493 e. The van der Waals surface area contributed by atoms with Crippen molar-refractivity contribution in [1.29, 1.82) is 0 Å². The van der Waals surface area contributed by atoms with Gasteiger partial charge in [0.25, 0.3) is 5.91 Å².